The van der Waals surface area contributed by atoms with Crippen LogP contribution in [0.15, 0.2) is 30.5 Å². The monoisotopic (exact) mass is 371 g/mol. The molecule has 146 valence electrons. The summed E-state index contributed by atoms with van der Waals surface area (Å²) < 4.78 is 5.14. The Morgan fingerprint density at radius 3 is 2.93 bits per heavy atom. The molecule has 27 heavy (non-hydrogen) atoms. The topological polar surface area (TPSA) is 88.4 Å². The number of aryl methyl sites for hydroxylation is 1. The number of benzene rings is 1. The van der Waals surface area contributed by atoms with E-state index in [-0.39, 0.29) is 11.8 Å². The number of amides is 2. The van der Waals surface area contributed by atoms with Crippen molar-refractivity contribution in [3.8, 4) is 0 Å². The van der Waals surface area contributed by atoms with Crippen LogP contribution in [0.1, 0.15) is 37.7 Å². The van der Waals surface area contributed by atoms with E-state index >= 15 is 0 Å². The molecular weight excluding hydrogens is 342 g/mol. The lowest BCUT2D eigenvalue weighted by molar-refractivity contribution is -0.141. The molecular formula is C21H29N3O3. The maximum absolute atomic E-state index is 12.7. The number of nitrogens with zero attached hydrogens (tertiary/aromatic N) is 1. The van der Waals surface area contributed by atoms with Crippen molar-refractivity contribution >= 4 is 22.7 Å². The molecule has 1 unspecified atom stereocenters. The molecule has 0 bridgehead atoms. The largest absolute Gasteiger partial charge is 0.385 e. The summed E-state index contributed by atoms with van der Waals surface area (Å²) in [5.41, 5.74) is 7.40. The number of aromatic amines is 1. The molecule has 3 rings (SSSR count). The van der Waals surface area contributed by atoms with Crippen LogP contribution in [-0.4, -0.2) is 48.5 Å². The molecule has 0 spiro atoms. The molecule has 0 radical (unpaired) electrons. The summed E-state index contributed by atoms with van der Waals surface area (Å²) in [6.45, 7) is 1.59. The Labute approximate surface area is 160 Å². The van der Waals surface area contributed by atoms with E-state index in [1.54, 1.807) is 7.11 Å². The van der Waals surface area contributed by atoms with Gasteiger partial charge in [0, 0.05) is 50.3 Å². The first-order valence-electron chi connectivity index (χ1n) is 9.67. The number of para-hydroxylation sites is 1. The number of aromatic nitrogens is 1. The van der Waals surface area contributed by atoms with Gasteiger partial charge in [0.1, 0.15) is 0 Å². The lowest BCUT2D eigenvalue weighted by atomic mass is 9.76. The summed E-state index contributed by atoms with van der Waals surface area (Å²) in [5.74, 6) is -0.214. The van der Waals surface area contributed by atoms with Crippen LogP contribution in [-0.2, 0) is 20.7 Å². The average Bonchev–Trinajstić information content (AvgIpc) is 3.09. The van der Waals surface area contributed by atoms with Gasteiger partial charge in [0.15, 0.2) is 0 Å². The number of carbonyl (C=O) groups is 2. The summed E-state index contributed by atoms with van der Waals surface area (Å²) in [6.07, 6.45) is 6.26. The van der Waals surface area contributed by atoms with Crippen LogP contribution < -0.4 is 5.73 Å². The molecule has 1 fully saturated rings. The molecule has 0 aliphatic carbocycles. The molecule has 6 nitrogen and oxygen atoms in total. The quantitative estimate of drug-likeness (QED) is 0.748. The molecule has 1 aliphatic rings. The molecule has 1 aromatic carbocycles. The zero-order valence-corrected chi connectivity index (χ0v) is 16.0. The van der Waals surface area contributed by atoms with Gasteiger partial charge in [0.25, 0.3) is 0 Å². The second-order valence-corrected chi connectivity index (χ2v) is 7.52. The predicted molar refractivity (Wildman–Crippen MR) is 105 cm³/mol. The summed E-state index contributed by atoms with van der Waals surface area (Å²) >= 11 is 0. The molecule has 2 amide bonds. The number of ether oxygens (including phenoxy) is 1. The van der Waals surface area contributed by atoms with E-state index in [9.17, 15) is 9.59 Å². The van der Waals surface area contributed by atoms with Crippen molar-refractivity contribution in [1.29, 1.82) is 0 Å². The number of H-pyrrole nitrogens is 1. The van der Waals surface area contributed by atoms with Crippen molar-refractivity contribution in [3.05, 3.63) is 36.0 Å². The summed E-state index contributed by atoms with van der Waals surface area (Å²) in [7, 11) is 1.62. The van der Waals surface area contributed by atoms with Crippen molar-refractivity contribution in [1.82, 2.24) is 9.88 Å². The van der Waals surface area contributed by atoms with E-state index in [1.807, 2.05) is 23.2 Å². The van der Waals surface area contributed by atoms with Crippen molar-refractivity contribution in [3.63, 3.8) is 0 Å². The predicted octanol–water partition coefficient (Wildman–Crippen LogP) is 2.62. The van der Waals surface area contributed by atoms with Crippen molar-refractivity contribution < 1.29 is 14.3 Å². The van der Waals surface area contributed by atoms with Gasteiger partial charge in [-0.1, -0.05) is 18.2 Å². The Kier molecular flexibility index (Phi) is 6.16. The molecule has 3 N–H and O–H groups in total. The Balaban J connectivity index is 1.56. The number of hydrogen-bond donors (Lipinski definition) is 2. The third kappa shape index (κ3) is 4.33. The molecule has 1 aromatic heterocycles. The summed E-state index contributed by atoms with van der Waals surface area (Å²) in [6, 6.07) is 8.20. The first kappa shape index (κ1) is 19.4. The average molecular weight is 371 g/mol. The van der Waals surface area contributed by atoms with Crippen molar-refractivity contribution in [2.45, 2.75) is 38.5 Å². The lowest BCUT2D eigenvalue weighted by Gasteiger charge is -2.40. The first-order chi connectivity index (χ1) is 13.1. The number of nitrogens with two attached hydrogens (primary N) is 1. The fourth-order valence-electron chi connectivity index (χ4n) is 4.10. The van der Waals surface area contributed by atoms with Crippen LogP contribution in [0, 0.1) is 5.41 Å². The van der Waals surface area contributed by atoms with E-state index in [4.69, 9.17) is 10.5 Å². The number of piperidine rings is 1. The van der Waals surface area contributed by atoms with Gasteiger partial charge in [0.05, 0.1) is 5.41 Å². The standard InChI is InChI=1S/C21H29N3O3/c1-27-13-11-21(20(22)26)10-5-12-24(15-21)19(25)9-4-6-16-14-23-18-8-3-2-7-17(16)18/h2-3,7-8,14,23H,4-6,9-13,15H2,1H3,(H2,22,26). The third-order valence-corrected chi connectivity index (χ3v) is 5.75. The van der Waals surface area contributed by atoms with Crippen LogP contribution in [0.4, 0.5) is 0 Å². The van der Waals surface area contributed by atoms with Crippen LogP contribution in [0.25, 0.3) is 10.9 Å². The van der Waals surface area contributed by atoms with Gasteiger partial charge in [-0.15, -0.1) is 0 Å². The molecule has 1 aliphatic heterocycles. The van der Waals surface area contributed by atoms with Crippen LogP contribution in [0.2, 0.25) is 0 Å². The molecule has 2 aromatic rings. The highest BCUT2D eigenvalue weighted by atomic mass is 16.5. The third-order valence-electron chi connectivity index (χ3n) is 5.75. The van der Waals surface area contributed by atoms with Gasteiger partial charge in [-0.05, 0) is 43.7 Å². The minimum Gasteiger partial charge on any atom is -0.385 e. The smallest absolute Gasteiger partial charge is 0.225 e. The summed E-state index contributed by atoms with van der Waals surface area (Å²) in [5, 5.41) is 1.22. The minimum atomic E-state index is -0.652. The lowest BCUT2D eigenvalue weighted by Crippen LogP contribution is -2.52. The van der Waals surface area contributed by atoms with Gasteiger partial charge in [-0.25, -0.2) is 0 Å². The number of hydrogen-bond acceptors (Lipinski definition) is 3. The number of nitrogens with one attached hydrogen (secondary N) is 1. The van der Waals surface area contributed by atoms with Crippen LogP contribution in [0.3, 0.4) is 0 Å². The molecule has 1 atom stereocenters. The van der Waals surface area contributed by atoms with Crippen molar-refractivity contribution in [2.75, 3.05) is 26.8 Å². The molecule has 0 saturated carbocycles. The fourth-order valence-corrected chi connectivity index (χ4v) is 4.10. The van der Waals surface area contributed by atoms with E-state index < -0.39 is 5.41 Å². The Morgan fingerprint density at radius 2 is 2.15 bits per heavy atom. The highest BCUT2D eigenvalue weighted by Gasteiger charge is 2.41. The van der Waals surface area contributed by atoms with Crippen molar-refractivity contribution in [2.24, 2.45) is 11.1 Å². The second kappa shape index (κ2) is 8.57. The van der Waals surface area contributed by atoms with Gasteiger partial charge in [0.2, 0.25) is 11.8 Å². The number of rotatable bonds is 8. The zero-order chi connectivity index (χ0) is 19.3. The van der Waals surface area contributed by atoms with E-state index in [0.717, 1.165) is 31.2 Å². The number of fused-ring (bicyclic) bond motifs is 1. The Bertz CT molecular complexity index is 801. The van der Waals surface area contributed by atoms with Gasteiger partial charge in [-0.2, -0.15) is 0 Å². The van der Waals surface area contributed by atoms with E-state index in [1.165, 1.54) is 10.9 Å². The van der Waals surface area contributed by atoms with Gasteiger partial charge < -0.3 is 20.4 Å². The minimum absolute atomic E-state index is 0.109. The van der Waals surface area contributed by atoms with Crippen LogP contribution in [0.5, 0.6) is 0 Å². The highest BCUT2D eigenvalue weighted by Crippen LogP contribution is 2.33. The zero-order valence-electron chi connectivity index (χ0n) is 16.0. The number of methoxy groups -OCH3 is 1. The number of primary amides is 1. The Hall–Kier alpha value is -2.34. The first-order valence-corrected chi connectivity index (χ1v) is 9.67. The molecule has 6 heteroatoms. The van der Waals surface area contributed by atoms with E-state index in [0.29, 0.717) is 32.5 Å². The Morgan fingerprint density at radius 1 is 1.33 bits per heavy atom. The van der Waals surface area contributed by atoms with Crippen LogP contribution >= 0.6 is 0 Å². The summed E-state index contributed by atoms with van der Waals surface area (Å²) in [4.78, 5) is 29.9. The maximum atomic E-state index is 12.7. The molecule has 1 saturated heterocycles. The van der Waals surface area contributed by atoms with E-state index in [2.05, 4.69) is 17.1 Å². The van der Waals surface area contributed by atoms with Gasteiger partial charge >= 0.3 is 0 Å². The number of likely N-dealkylation sites (tertiary alicyclic amines) is 1. The normalized spacial score (nSPS) is 20.1. The number of carbonyl (C=O) groups excluding carboxylic acids is 2. The maximum Gasteiger partial charge on any atom is 0.225 e. The second-order valence-electron chi connectivity index (χ2n) is 7.52. The molecule has 2 heterocycles. The van der Waals surface area contributed by atoms with Gasteiger partial charge in [-0.3, -0.25) is 9.59 Å². The highest BCUT2D eigenvalue weighted by molar-refractivity contribution is 5.84. The fraction of sp³-hybridized carbons (Fsp3) is 0.524. The SMILES string of the molecule is COCCC1(C(N)=O)CCCN(C(=O)CCCc2c[nH]c3ccccc23)C1.